The van der Waals surface area contributed by atoms with Gasteiger partial charge >= 0.3 is 0 Å². The van der Waals surface area contributed by atoms with Gasteiger partial charge in [-0.05, 0) is 50.2 Å². The van der Waals surface area contributed by atoms with E-state index in [2.05, 4.69) is 6.07 Å². The molecule has 1 aromatic heterocycles. The van der Waals surface area contributed by atoms with Gasteiger partial charge in [0.05, 0.1) is 19.8 Å². The quantitative estimate of drug-likeness (QED) is 0.636. The Morgan fingerprint density at radius 2 is 1.88 bits per heavy atom. The van der Waals surface area contributed by atoms with Crippen LogP contribution in [0.25, 0.3) is 0 Å². The molecule has 0 radical (unpaired) electrons. The summed E-state index contributed by atoms with van der Waals surface area (Å²) in [6.45, 7) is 0. The van der Waals surface area contributed by atoms with Gasteiger partial charge in [0.2, 0.25) is 5.91 Å². The lowest BCUT2D eigenvalue weighted by Gasteiger charge is -2.38. The van der Waals surface area contributed by atoms with Crippen molar-refractivity contribution in [2.24, 2.45) is 0 Å². The number of nitrogens with zero attached hydrogens (tertiary/aromatic N) is 2. The molecule has 0 N–H and O–H groups in total. The highest BCUT2D eigenvalue weighted by Gasteiger charge is 2.42. The van der Waals surface area contributed by atoms with Crippen LogP contribution in [0.5, 0.6) is 11.5 Å². The number of carbonyl (C=O) groups is 2. The standard InChI is InChI=1S/C26H26N2O4S/c1-31-21-11-5-8-16(25(21)32-2)17-13-23(30)28(19-9-6-10-20(29)24(17)19)26-18(14-27)15-7-3-4-12-22(15)33-26/h5,8,11,17H,3-4,6-7,9-10,12-13H2,1-2H3/t17-/m0/s1. The second-order valence-corrected chi connectivity index (χ2v) is 9.79. The van der Waals surface area contributed by atoms with E-state index in [9.17, 15) is 14.9 Å². The first-order valence-electron chi connectivity index (χ1n) is 11.4. The van der Waals surface area contributed by atoms with E-state index in [4.69, 9.17) is 9.47 Å². The predicted molar refractivity (Wildman–Crippen MR) is 126 cm³/mol. The van der Waals surface area contributed by atoms with Crippen LogP contribution >= 0.6 is 11.3 Å². The topological polar surface area (TPSA) is 79.6 Å². The van der Waals surface area contributed by atoms with Gasteiger partial charge in [-0.1, -0.05) is 12.1 Å². The average molecular weight is 463 g/mol. The summed E-state index contributed by atoms with van der Waals surface area (Å²) < 4.78 is 11.1. The van der Waals surface area contributed by atoms with Crippen LogP contribution in [-0.2, 0) is 22.4 Å². The minimum atomic E-state index is -0.387. The van der Waals surface area contributed by atoms with Crippen molar-refractivity contribution in [2.75, 3.05) is 19.1 Å². The number of Topliss-reactive ketones (excluding diaryl/α,β-unsaturated/α-hetero) is 1. The maximum atomic E-state index is 13.7. The largest absolute Gasteiger partial charge is 0.493 e. The van der Waals surface area contributed by atoms with Gasteiger partial charge in [0, 0.05) is 40.5 Å². The summed E-state index contributed by atoms with van der Waals surface area (Å²) in [4.78, 5) is 29.9. The summed E-state index contributed by atoms with van der Waals surface area (Å²) in [6.07, 6.45) is 5.97. The second-order valence-electron chi connectivity index (χ2n) is 8.71. The van der Waals surface area contributed by atoms with Crippen LogP contribution in [0.4, 0.5) is 5.00 Å². The molecule has 3 aliphatic rings. The van der Waals surface area contributed by atoms with Gasteiger partial charge in [-0.25, -0.2) is 0 Å². The number of hydrogen-bond acceptors (Lipinski definition) is 6. The van der Waals surface area contributed by atoms with Gasteiger partial charge in [-0.15, -0.1) is 11.3 Å². The molecule has 6 nitrogen and oxygen atoms in total. The van der Waals surface area contributed by atoms with Crippen LogP contribution in [-0.4, -0.2) is 25.9 Å². The first-order chi connectivity index (χ1) is 16.1. The Morgan fingerprint density at radius 1 is 1.06 bits per heavy atom. The first kappa shape index (κ1) is 21.7. The number of para-hydroxylation sites is 1. The van der Waals surface area contributed by atoms with Crippen LogP contribution in [0.15, 0.2) is 29.5 Å². The summed E-state index contributed by atoms with van der Waals surface area (Å²) in [5, 5.41) is 10.7. The Hall–Kier alpha value is -3.11. The highest BCUT2D eigenvalue weighted by Crippen LogP contribution is 2.50. The zero-order valence-electron chi connectivity index (χ0n) is 18.9. The number of carbonyl (C=O) groups excluding carboxylic acids is 2. The number of thiophene rings is 1. The summed E-state index contributed by atoms with van der Waals surface area (Å²) in [6, 6.07) is 7.96. The number of aryl methyl sites for hydroxylation is 1. The molecule has 0 spiro atoms. The van der Waals surface area contributed by atoms with Crippen LogP contribution in [0.2, 0.25) is 0 Å². The van der Waals surface area contributed by atoms with E-state index >= 15 is 0 Å². The van der Waals surface area contributed by atoms with E-state index in [-0.39, 0.29) is 24.0 Å². The number of ether oxygens (including phenoxy) is 2. The van der Waals surface area contributed by atoms with Crippen molar-refractivity contribution in [3.63, 3.8) is 0 Å². The smallest absolute Gasteiger partial charge is 0.232 e. The zero-order chi connectivity index (χ0) is 23.1. The van der Waals surface area contributed by atoms with Crippen molar-refractivity contribution in [3.8, 4) is 17.6 Å². The van der Waals surface area contributed by atoms with E-state index in [1.807, 2.05) is 18.2 Å². The van der Waals surface area contributed by atoms with Crippen LogP contribution in [0.1, 0.15) is 66.0 Å². The number of hydrogen-bond donors (Lipinski definition) is 0. The molecule has 33 heavy (non-hydrogen) atoms. The molecule has 1 atom stereocenters. The average Bonchev–Trinajstić information content (AvgIpc) is 3.21. The molecule has 1 amide bonds. The molecule has 1 aromatic carbocycles. The molecule has 7 heteroatoms. The fourth-order valence-electron chi connectivity index (χ4n) is 5.50. The maximum absolute atomic E-state index is 13.7. The molecule has 170 valence electrons. The molecule has 0 unspecified atom stereocenters. The van der Waals surface area contributed by atoms with Crippen LogP contribution < -0.4 is 14.4 Å². The monoisotopic (exact) mass is 462 g/mol. The Kier molecular flexibility index (Phi) is 5.71. The number of methoxy groups -OCH3 is 2. The van der Waals surface area contributed by atoms with E-state index in [1.165, 1.54) is 4.88 Å². The van der Waals surface area contributed by atoms with E-state index in [0.717, 1.165) is 42.5 Å². The maximum Gasteiger partial charge on any atom is 0.232 e. The summed E-state index contributed by atoms with van der Waals surface area (Å²) in [7, 11) is 3.15. The lowest BCUT2D eigenvalue weighted by Crippen LogP contribution is -2.40. The third-order valence-electron chi connectivity index (χ3n) is 6.95. The highest BCUT2D eigenvalue weighted by molar-refractivity contribution is 7.16. The number of amides is 1. The van der Waals surface area contributed by atoms with Crippen molar-refractivity contribution in [1.82, 2.24) is 0 Å². The second kappa shape index (κ2) is 8.68. The SMILES string of the molecule is COc1cccc([C@@H]2CC(=O)N(c3sc4c(c3C#N)CCCC4)C3=C2C(=O)CCC3)c1OC. The zero-order valence-corrected chi connectivity index (χ0v) is 19.7. The molecule has 2 aliphatic carbocycles. The third-order valence-corrected chi connectivity index (χ3v) is 8.23. The fraction of sp³-hybridized carbons (Fsp3) is 0.423. The van der Waals surface area contributed by atoms with Gasteiger partial charge in [0.15, 0.2) is 17.3 Å². The lowest BCUT2D eigenvalue weighted by molar-refractivity contribution is -0.119. The lowest BCUT2D eigenvalue weighted by atomic mass is 9.77. The summed E-state index contributed by atoms with van der Waals surface area (Å²) in [5.41, 5.74) is 3.94. The van der Waals surface area contributed by atoms with Crippen molar-refractivity contribution in [1.29, 1.82) is 5.26 Å². The molecule has 0 saturated carbocycles. The first-order valence-corrected chi connectivity index (χ1v) is 12.2. The van der Waals surface area contributed by atoms with Crippen LogP contribution in [0, 0.1) is 11.3 Å². The van der Waals surface area contributed by atoms with Crippen molar-refractivity contribution in [3.05, 3.63) is 51.0 Å². The third kappa shape index (κ3) is 3.44. The van der Waals surface area contributed by atoms with Crippen LogP contribution in [0.3, 0.4) is 0 Å². The van der Waals surface area contributed by atoms with Gasteiger partial charge in [-0.3, -0.25) is 14.5 Å². The molecule has 0 bridgehead atoms. The van der Waals surface area contributed by atoms with Crippen molar-refractivity contribution in [2.45, 2.75) is 57.3 Å². The molecular formula is C26H26N2O4S. The number of ketones is 1. The fourth-order valence-corrected chi connectivity index (χ4v) is 6.89. The highest BCUT2D eigenvalue weighted by atomic mass is 32.1. The number of fused-ring (bicyclic) bond motifs is 1. The molecule has 0 saturated heterocycles. The molecule has 0 fully saturated rings. The Balaban J connectivity index is 1.69. The summed E-state index contributed by atoms with van der Waals surface area (Å²) >= 11 is 1.56. The number of benzene rings is 1. The van der Waals surface area contributed by atoms with Gasteiger partial charge < -0.3 is 9.47 Å². The Labute approximate surface area is 197 Å². The van der Waals surface area contributed by atoms with Crippen molar-refractivity contribution >= 4 is 28.0 Å². The predicted octanol–water partition coefficient (Wildman–Crippen LogP) is 5.04. The molecule has 1 aliphatic heterocycles. The molecule has 2 aromatic rings. The number of rotatable bonds is 4. The van der Waals surface area contributed by atoms with Crippen molar-refractivity contribution < 1.29 is 19.1 Å². The van der Waals surface area contributed by atoms with E-state index in [0.29, 0.717) is 46.9 Å². The number of anilines is 1. The number of allylic oxidation sites excluding steroid dienone is 2. The minimum absolute atomic E-state index is 0.0726. The normalized spacial score (nSPS) is 20.3. The van der Waals surface area contributed by atoms with Gasteiger partial charge in [0.1, 0.15) is 11.1 Å². The van der Waals surface area contributed by atoms with E-state index < -0.39 is 0 Å². The Bertz CT molecular complexity index is 1220. The molecular weight excluding hydrogens is 436 g/mol. The minimum Gasteiger partial charge on any atom is -0.493 e. The summed E-state index contributed by atoms with van der Waals surface area (Å²) in [5.74, 6) is 0.743. The Morgan fingerprint density at radius 3 is 2.64 bits per heavy atom. The van der Waals surface area contributed by atoms with Gasteiger partial charge in [-0.2, -0.15) is 5.26 Å². The molecule has 2 heterocycles. The molecule has 5 rings (SSSR count). The van der Waals surface area contributed by atoms with E-state index in [1.54, 1.807) is 30.5 Å². The van der Waals surface area contributed by atoms with Gasteiger partial charge in [0.25, 0.3) is 0 Å². The number of nitriles is 1.